The second kappa shape index (κ2) is 13.2. The van der Waals surface area contributed by atoms with Crippen LogP contribution in [0.3, 0.4) is 0 Å². The fraction of sp³-hybridized carbons (Fsp3) is 0.633. The van der Waals surface area contributed by atoms with Gasteiger partial charge in [-0.15, -0.1) is 0 Å². The molecular weight excluding hydrogens is 472 g/mol. The molecule has 0 aromatic heterocycles. The first kappa shape index (κ1) is 28.0. The first-order valence-electron chi connectivity index (χ1n) is 13.6. The lowest BCUT2D eigenvalue weighted by Crippen LogP contribution is -2.32. The molecule has 4 heterocycles. The molecule has 7 nitrogen and oxygen atoms in total. The minimum atomic E-state index is -1.03. The molecule has 0 aromatic carbocycles. The van der Waals surface area contributed by atoms with Crippen molar-refractivity contribution in [2.45, 2.75) is 108 Å². The highest BCUT2D eigenvalue weighted by Crippen LogP contribution is 2.35. The van der Waals surface area contributed by atoms with E-state index in [1.54, 1.807) is 12.2 Å². The predicted molar refractivity (Wildman–Crippen MR) is 141 cm³/mol. The van der Waals surface area contributed by atoms with E-state index in [4.69, 9.17) is 18.9 Å². The number of aliphatic hydroxyl groups excluding tert-OH is 2. The van der Waals surface area contributed by atoms with Crippen molar-refractivity contribution in [2.75, 3.05) is 6.61 Å². The van der Waals surface area contributed by atoms with Crippen LogP contribution in [0.1, 0.15) is 58.8 Å². The maximum Gasteiger partial charge on any atom is 0.330 e. The number of esters is 1. The molecule has 4 aliphatic heterocycles. The summed E-state index contributed by atoms with van der Waals surface area (Å²) in [6.07, 6.45) is 14.3. The Hall–Kier alpha value is -2.03. The van der Waals surface area contributed by atoms with Crippen molar-refractivity contribution < 1.29 is 34.0 Å². The molecule has 2 bridgehead atoms. The van der Waals surface area contributed by atoms with Gasteiger partial charge in [0.15, 0.2) is 0 Å². The van der Waals surface area contributed by atoms with Crippen molar-refractivity contribution in [3.63, 3.8) is 0 Å². The van der Waals surface area contributed by atoms with Crippen molar-refractivity contribution in [1.29, 1.82) is 0 Å². The molecule has 0 aromatic rings. The number of carbonyl (C=O) groups excluding carboxylic acids is 1. The number of ether oxygens (including phenoxy) is 4. The smallest absolute Gasteiger partial charge is 0.330 e. The van der Waals surface area contributed by atoms with Crippen molar-refractivity contribution in [2.24, 2.45) is 5.92 Å². The molecule has 7 heteroatoms. The third-order valence-corrected chi connectivity index (χ3v) is 7.44. The number of aliphatic hydroxyl groups is 2. The van der Waals surface area contributed by atoms with Crippen LogP contribution in [0.2, 0.25) is 0 Å². The molecule has 9 atom stereocenters. The quantitative estimate of drug-likeness (QED) is 0.332. The molecule has 4 rings (SSSR count). The summed E-state index contributed by atoms with van der Waals surface area (Å²) >= 11 is 0. The Balaban J connectivity index is 1.44. The largest absolute Gasteiger partial charge is 0.456 e. The first-order chi connectivity index (χ1) is 17.8. The Morgan fingerprint density at radius 2 is 1.97 bits per heavy atom. The molecule has 0 spiro atoms. The van der Waals surface area contributed by atoms with E-state index in [2.05, 4.69) is 26.5 Å². The Labute approximate surface area is 220 Å². The Kier molecular flexibility index (Phi) is 9.96. The molecule has 37 heavy (non-hydrogen) atoms. The fourth-order valence-corrected chi connectivity index (χ4v) is 5.45. The highest BCUT2D eigenvalue weighted by Gasteiger charge is 2.46. The second-order valence-electron chi connectivity index (χ2n) is 11.0. The number of epoxide rings is 1. The summed E-state index contributed by atoms with van der Waals surface area (Å²) in [5, 5.41) is 21.7. The van der Waals surface area contributed by atoms with Gasteiger partial charge in [0.1, 0.15) is 18.3 Å². The Bertz CT molecular complexity index is 919. The molecule has 1 unspecified atom stereocenters. The van der Waals surface area contributed by atoms with E-state index in [9.17, 15) is 15.0 Å². The molecule has 1 saturated heterocycles. The average molecular weight is 515 g/mol. The van der Waals surface area contributed by atoms with Gasteiger partial charge in [-0.3, -0.25) is 0 Å². The molecule has 1 fully saturated rings. The lowest BCUT2D eigenvalue weighted by Gasteiger charge is -2.28. The zero-order chi connectivity index (χ0) is 26.4. The fourth-order valence-electron chi connectivity index (χ4n) is 5.45. The van der Waals surface area contributed by atoms with Crippen molar-refractivity contribution in [3.05, 3.63) is 60.3 Å². The van der Waals surface area contributed by atoms with Gasteiger partial charge in [-0.25, -0.2) is 4.79 Å². The summed E-state index contributed by atoms with van der Waals surface area (Å²) in [6, 6.07) is 0. The van der Waals surface area contributed by atoms with E-state index in [0.717, 1.165) is 31.3 Å². The topological polar surface area (TPSA) is 97.8 Å². The Morgan fingerprint density at radius 1 is 1.14 bits per heavy atom. The number of hydrogen-bond acceptors (Lipinski definition) is 7. The highest BCUT2D eigenvalue weighted by molar-refractivity contribution is 5.82. The summed E-state index contributed by atoms with van der Waals surface area (Å²) in [4.78, 5) is 12.6. The lowest BCUT2D eigenvalue weighted by molar-refractivity contribution is -0.148. The van der Waals surface area contributed by atoms with Crippen molar-refractivity contribution in [3.8, 4) is 0 Å². The average Bonchev–Trinajstić information content (AvgIpc) is 3.61. The van der Waals surface area contributed by atoms with Crippen LogP contribution in [0.4, 0.5) is 0 Å². The van der Waals surface area contributed by atoms with Crippen LogP contribution in [0.15, 0.2) is 60.3 Å². The summed E-state index contributed by atoms with van der Waals surface area (Å²) in [6.45, 7) is 8.98. The minimum Gasteiger partial charge on any atom is -0.456 e. The highest BCUT2D eigenvalue weighted by atomic mass is 16.6. The Morgan fingerprint density at radius 3 is 2.78 bits per heavy atom. The third kappa shape index (κ3) is 8.76. The lowest BCUT2D eigenvalue weighted by atomic mass is 9.91. The van der Waals surface area contributed by atoms with Gasteiger partial charge < -0.3 is 29.2 Å². The maximum atomic E-state index is 12.6. The molecule has 0 amide bonds. The zero-order valence-electron chi connectivity index (χ0n) is 22.0. The van der Waals surface area contributed by atoms with E-state index >= 15 is 0 Å². The number of rotatable bonds is 3. The van der Waals surface area contributed by atoms with Gasteiger partial charge >= 0.3 is 5.97 Å². The first-order valence-corrected chi connectivity index (χ1v) is 13.6. The molecule has 204 valence electrons. The van der Waals surface area contributed by atoms with Crippen molar-refractivity contribution >= 4 is 5.97 Å². The normalized spacial score (nSPS) is 39.6. The van der Waals surface area contributed by atoms with Gasteiger partial charge in [-0.2, -0.15) is 0 Å². The summed E-state index contributed by atoms with van der Waals surface area (Å²) in [5.74, 6) is -0.141. The van der Waals surface area contributed by atoms with Gasteiger partial charge in [0.25, 0.3) is 0 Å². The maximum absolute atomic E-state index is 12.6. The van der Waals surface area contributed by atoms with E-state index in [-0.39, 0.29) is 36.9 Å². The van der Waals surface area contributed by atoms with E-state index in [1.807, 2.05) is 18.2 Å². The van der Waals surface area contributed by atoms with E-state index in [0.29, 0.717) is 25.4 Å². The van der Waals surface area contributed by atoms with Crippen LogP contribution in [0.25, 0.3) is 0 Å². The monoisotopic (exact) mass is 514 g/mol. The molecule has 0 radical (unpaired) electrons. The summed E-state index contributed by atoms with van der Waals surface area (Å²) in [5.41, 5.74) is 2.23. The number of hydrogen-bond donors (Lipinski definition) is 2. The zero-order valence-corrected chi connectivity index (χ0v) is 22.0. The van der Waals surface area contributed by atoms with Crippen LogP contribution in [0, 0.1) is 5.92 Å². The van der Waals surface area contributed by atoms with Crippen LogP contribution >= 0.6 is 0 Å². The van der Waals surface area contributed by atoms with E-state index < -0.39 is 24.3 Å². The van der Waals surface area contributed by atoms with E-state index in [1.165, 1.54) is 11.6 Å². The number of cyclic esters (lactones) is 1. The molecule has 2 N–H and O–H groups in total. The summed E-state index contributed by atoms with van der Waals surface area (Å²) < 4.78 is 23.4. The number of fused-ring (bicyclic) bond motifs is 3. The van der Waals surface area contributed by atoms with Crippen LogP contribution in [-0.4, -0.2) is 71.6 Å². The molecule has 4 aliphatic rings. The molecular formula is C30H42O7. The van der Waals surface area contributed by atoms with Crippen LogP contribution in [-0.2, 0) is 23.7 Å². The number of carbonyl (C=O) groups is 1. The summed E-state index contributed by atoms with van der Waals surface area (Å²) in [7, 11) is 0. The van der Waals surface area contributed by atoms with Gasteiger partial charge in [-0.05, 0) is 51.4 Å². The van der Waals surface area contributed by atoms with Crippen molar-refractivity contribution in [1.82, 2.24) is 0 Å². The van der Waals surface area contributed by atoms with Gasteiger partial charge in [0, 0.05) is 12.5 Å². The predicted octanol–water partition coefficient (Wildman–Crippen LogP) is 4.11. The minimum absolute atomic E-state index is 0.0863. The molecule has 0 saturated carbocycles. The third-order valence-electron chi connectivity index (χ3n) is 7.44. The van der Waals surface area contributed by atoms with Gasteiger partial charge in [-0.1, -0.05) is 61.1 Å². The molecule has 0 aliphatic carbocycles. The standard InChI is InChI=1S/C30H42O7/c1-19-12-13-34-23(15-19)10-11-25(31)27-18-28-30(37-28)26(32)17-21(3)14-20(2)16-24-8-4-6-22(35-24)7-5-9-29(33)36-27/h4-6,9-12,20,22-28,30-32H,3,7-8,13-18H2,1-2H3/b9-5-,11-10+/t20-,22?,23+,24-,25-,26-,27-,28-,30-/m0/s1. The van der Waals surface area contributed by atoms with Crippen LogP contribution in [0.5, 0.6) is 0 Å². The SMILES string of the molecule is C=C1C[C@H](C)C[C@@H]2CC=CC(C/C=C\C(=O)O[C@H]([C@@H](O)/C=C/[C@@H]3CC(C)=CCO3)C[C@@H]3O[C@H]3[C@@H](O)C1)O2. The van der Waals surface area contributed by atoms with Gasteiger partial charge in [0.05, 0.1) is 37.1 Å². The second-order valence-corrected chi connectivity index (χ2v) is 11.0. The van der Waals surface area contributed by atoms with Gasteiger partial charge in [0.2, 0.25) is 0 Å². The van der Waals surface area contributed by atoms with Crippen LogP contribution < -0.4 is 0 Å².